The lowest BCUT2D eigenvalue weighted by atomic mass is 10.4. The first-order valence-electron chi connectivity index (χ1n) is 2.69. The lowest BCUT2D eigenvalue weighted by Crippen LogP contribution is -1.99. The zero-order valence-electron chi connectivity index (χ0n) is 5.16. The number of hydrogen-bond acceptors (Lipinski definition) is 2. The Labute approximate surface area is 67.1 Å². The molecule has 4 heteroatoms. The third kappa shape index (κ3) is 2.14. The Morgan fingerprint density at radius 3 is 2.60 bits per heavy atom. The topological polar surface area (TPSA) is 51.3 Å². The van der Waals surface area contributed by atoms with Crippen LogP contribution in [0.25, 0.3) is 0 Å². The van der Waals surface area contributed by atoms with Gasteiger partial charge in [0.25, 0.3) is 0 Å². The largest absolute Gasteiger partial charge is 0.378 e. The fourth-order valence-electron chi connectivity index (χ4n) is 0.542. The zero-order chi connectivity index (χ0) is 7.40. The predicted octanol–water partition coefficient (Wildman–Crippen LogP) is 1.42. The smallest absolute Gasteiger partial charge is 0.168 e. The maximum atomic E-state index is 5.27. The van der Waals surface area contributed by atoms with Crippen molar-refractivity contribution in [1.29, 1.82) is 0 Å². The van der Waals surface area contributed by atoms with Crippen molar-refractivity contribution in [3.63, 3.8) is 0 Å². The van der Waals surface area contributed by atoms with Crippen molar-refractivity contribution in [3.8, 4) is 0 Å². The molecule has 1 aromatic heterocycles. The summed E-state index contributed by atoms with van der Waals surface area (Å²) in [5.41, 5.74) is 6.07. The number of aliphatic imine (C=N–C) groups is 1. The van der Waals surface area contributed by atoms with E-state index in [-0.39, 0.29) is 0 Å². The van der Waals surface area contributed by atoms with Crippen molar-refractivity contribution in [3.05, 3.63) is 24.5 Å². The Morgan fingerprint density at radius 1 is 1.50 bits per heavy atom. The van der Waals surface area contributed by atoms with Crippen LogP contribution in [-0.2, 0) is 0 Å². The zero-order valence-corrected chi connectivity index (χ0v) is 6.75. The van der Waals surface area contributed by atoms with E-state index in [1.807, 2.05) is 0 Å². The second-order valence-electron chi connectivity index (χ2n) is 1.64. The van der Waals surface area contributed by atoms with Crippen LogP contribution in [0.5, 0.6) is 0 Å². The first-order chi connectivity index (χ1) is 4.79. The van der Waals surface area contributed by atoms with E-state index in [0.29, 0.717) is 4.74 Å². The van der Waals surface area contributed by atoms with Gasteiger partial charge in [-0.25, -0.2) is 4.99 Å². The molecule has 2 N–H and O–H groups in total. The van der Waals surface area contributed by atoms with Gasteiger partial charge in [-0.2, -0.15) is 0 Å². The van der Waals surface area contributed by atoms with Gasteiger partial charge in [-0.3, -0.25) is 4.98 Å². The van der Waals surface area contributed by atoms with Gasteiger partial charge in [-0.15, -0.1) is 0 Å². The second kappa shape index (κ2) is 3.31. The molecule has 1 aromatic rings. The average molecular weight is 200 g/mol. The monoisotopic (exact) mass is 199 g/mol. The molecule has 0 saturated carbocycles. The molecule has 0 unspecified atom stereocenters. The molecule has 0 atom stereocenters. The standard InChI is InChI=1S/C6H6BrN3/c7-6(8)10-5-1-3-9-4-2-5/h1-4H,(H2,8,9,10). The molecule has 1 rings (SSSR count). The van der Waals surface area contributed by atoms with Crippen LogP contribution >= 0.6 is 15.9 Å². The summed E-state index contributed by atoms with van der Waals surface area (Å²) in [5, 5.41) is 0. The van der Waals surface area contributed by atoms with Gasteiger partial charge < -0.3 is 5.73 Å². The first kappa shape index (κ1) is 7.21. The summed E-state index contributed by atoms with van der Waals surface area (Å²) in [5.74, 6) is 0. The van der Waals surface area contributed by atoms with Gasteiger partial charge in [0, 0.05) is 12.4 Å². The van der Waals surface area contributed by atoms with Crippen LogP contribution in [0, 0.1) is 0 Å². The summed E-state index contributed by atoms with van der Waals surface area (Å²) in [6.07, 6.45) is 3.32. The molecule has 0 spiro atoms. The van der Waals surface area contributed by atoms with E-state index in [0.717, 1.165) is 5.69 Å². The molecule has 0 bridgehead atoms. The molecular weight excluding hydrogens is 194 g/mol. The predicted molar refractivity (Wildman–Crippen MR) is 44.4 cm³/mol. The van der Waals surface area contributed by atoms with Crippen molar-refractivity contribution in [2.45, 2.75) is 0 Å². The summed E-state index contributed by atoms with van der Waals surface area (Å²) >= 11 is 3.02. The highest BCUT2D eigenvalue weighted by Gasteiger charge is 1.85. The van der Waals surface area contributed by atoms with Crippen LogP contribution in [0.15, 0.2) is 29.5 Å². The lowest BCUT2D eigenvalue weighted by molar-refractivity contribution is 1.31. The van der Waals surface area contributed by atoms with Crippen LogP contribution in [0.1, 0.15) is 0 Å². The number of rotatable bonds is 1. The molecule has 0 fully saturated rings. The number of halogens is 1. The number of amidine groups is 1. The summed E-state index contributed by atoms with van der Waals surface area (Å²) in [4.78, 5) is 7.76. The van der Waals surface area contributed by atoms with Crippen LogP contribution < -0.4 is 5.73 Å². The van der Waals surface area contributed by atoms with Crippen LogP contribution in [0.3, 0.4) is 0 Å². The Morgan fingerprint density at radius 2 is 2.10 bits per heavy atom. The van der Waals surface area contributed by atoms with Gasteiger partial charge in [0.1, 0.15) is 0 Å². The molecule has 0 aliphatic rings. The fourth-order valence-corrected chi connectivity index (χ4v) is 0.747. The molecule has 1 heterocycles. The number of nitrogens with two attached hydrogens (primary N) is 1. The number of hydrogen-bond donors (Lipinski definition) is 1. The Hall–Kier alpha value is -0.900. The maximum absolute atomic E-state index is 5.27. The maximum Gasteiger partial charge on any atom is 0.168 e. The van der Waals surface area contributed by atoms with Crippen LogP contribution in [0.4, 0.5) is 5.69 Å². The summed E-state index contributed by atoms with van der Waals surface area (Å²) in [6, 6.07) is 3.54. The van der Waals surface area contributed by atoms with Crippen molar-refractivity contribution in [1.82, 2.24) is 4.98 Å². The minimum Gasteiger partial charge on any atom is -0.378 e. The highest BCUT2D eigenvalue weighted by atomic mass is 79.9. The van der Waals surface area contributed by atoms with E-state index in [4.69, 9.17) is 5.73 Å². The van der Waals surface area contributed by atoms with Crippen LogP contribution in [-0.4, -0.2) is 9.73 Å². The van der Waals surface area contributed by atoms with Gasteiger partial charge in [-0.1, -0.05) is 0 Å². The molecule has 3 nitrogen and oxygen atoms in total. The Balaban J connectivity index is 2.87. The van der Waals surface area contributed by atoms with Crippen LogP contribution in [0.2, 0.25) is 0 Å². The lowest BCUT2D eigenvalue weighted by Gasteiger charge is -1.89. The number of pyridine rings is 1. The Kier molecular flexibility index (Phi) is 2.39. The molecule has 0 amide bonds. The SMILES string of the molecule is NC(Br)=Nc1ccncc1. The normalized spacial score (nSPS) is 11.5. The van der Waals surface area contributed by atoms with E-state index in [2.05, 4.69) is 25.9 Å². The van der Waals surface area contributed by atoms with E-state index >= 15 is 0 Å². The minimum atomic E-state index is 0.374. The quantitative estimate of drug-likeness (QED) is 0.423. The Bertz CT molecular complexity index is 228. The molecule has 52 valence electrons. The average Bonchev–Trinajstić information content (AvgIpc) is 1.88. The highest BCUT2D eigenvalue weighted by molar-refractivity contribution is 9.18. The third-order valence-electron chi connectivity index (χ3n) is 0.899. The van der Waals surface area contributed by atoms with Gasteiger partial charge in [0.2, 0.25) is 0 Å². The van der Waals surface area contributed by atoms with Gasteiger partial charge in [0.15, 0.2) is 4.74 Å². The third-order valence-corrected chi connectivity index (χ3v) is 1.08. The van der Waals surface area contributed by atoms with Crippen molar-refractivity contribution < 1.29 is 0 Å². The highest BCUT2D eigenvalue weighted by Crippen LogP contribution is 2.08. The fraction of sp³-hybridized carbons (Fsp3) is 0. The summed E-state index contributed by atoms with van der Waals surface area (Å²) < 4.78 is 0.374. The van der Waals surface area contributed by atoms with E-state index in [9.17, 15) is 0 Å². The number of nitrogens with zero attached hydrogens (tertiary/aromatic N) is 2. The van der Waals surface area contributed by atoms with E-state index in [1.165, 1.54) is 0 Å². The summed E-state index contributed by atoms with van der Waals surface area (Å²) in [6.45, 7) is 0. The van der Waals surface area contributed by atoms with Gasteiger partial charge in [0.05, 0.1) is 5.69 Å². The first-order valence-corrected chi connectivity index (χ1v) is 3.48. The van der Waals surface area contributed by atoms with Crippen molar-refractivity contribution >= 4 is 26.4 Å². The molecule has 0 aliphatic heterocycles. The number of aromatic nitrogens is 1. The second-order valence-corrected chi connectivity index (χ2v) is 2.45. The molecule has 0 aromatic carbocycles. The molecule has 0 saturated heterocycles. The van der Waals surface area contributed by atoms with Crippen molar-refractivity contribution in [2.24, 2.45) is 10.7 Å². The van der Waals surface area contributed by atoms with Crippen molar-refractivity contribution in [2.75, 3.05) is 0 Å². The van der Waals surface area contributed by atoms with E-state index in [1.54, 1.807) is 24.5 Å². The molecule has 0 aliphatic carbocycles. The molecule has 10 heavy (non-hydrogen) atoms. The molecule has 0 radical (unpaired) electrons. The van der Waals surface area contributed by atoms with Gasteiger partial charge in [-0.05, 0) is 28.1 Å². The molecular formula is C6H6BrN3. The van der Waals surface area contributed by atoms with E-state index < -0.39 is 0 Å². The minimum absolute atomic E-state index is 0.374. The summed E-state index contributed by atoms with van der Waals surface area (Å²) in [7, 11) is 0. The van der Waals surface area contributed by atoms with Gasteiger partial charge >= 0.3 is 0 Å².